The molecule has 0 fully saturated rings. The third kappa shape index (κ3) is 4.21. The molecule has 0 saturated carbocycles. The van der Waals surface area contributed by atoms with E-state index in [0.29, 0.717) is 33.7 Å². The van der Waals surface area contributed by atoms with Crippen LogP contribution < -0.4 is 5.01 Å². The molecule has 34 heavy (non-hydrogen) atoms. The molecule has 1 heterocycles. The molecule has 0 aromatic heterocycles. The lowest BCUT2D eigenvalue weighted by Gasteiger charge is -2.12. The van der Waals surface area contributed by atoms with Gasteiger partial charge in [-0.25, -0.2) is 4.79 Å². The number of rotatable bonds is 5. The number of benzene rings is 3. The number of carboxylic acid groups (broad SMARTS) is 1. The van der Waals surface area contributed by atoms with Gasteiger partial charge in [0.2, 0.25) is 0 Å². The second kappa shape index (κ2) is 8.74. The minimum atomic E-state index is -1.05. The fraction of sp³-hybridized carbons (Fsp3) is 0.115. The quantitative estimate of drug-likeness (QED) is 0.315. The minimum Gasteiger partial charge on any atom is -0.478 e. The molecule has 1 aliphatic heterocycles. The number of amides is 1. The van der Waals surface area contributed by atoms with Crippen LogP contribution in [-0.4, -0.2) is 27.6 Å². The molecular formula is C26H21N3O5. The molecule has 0 unspecified atom stereocenters. The summed E-state index contributed by atoms with van der Waals surface area (Å²) in [6.07, 6.45) is 1.70. The molecule has 0 saturated heterocycles. The topological polar surface area (TPSA) is 113 Å². The average Bonchev–Trinajstić information content (AvgIpc) is 3.09. The van der Waals surface area contributed by atoms with Gasteiger partial charge in [-0.1, -0.05) is 18.2 Å². The Morgan fingerprint density at radius 2 is 1.71 bits per heavy atom. The zero-order valence-electron chi connectivity index (χ0n) is 18.8. The van der Waals surface area contributed by atoms with E-state index >= 15 is 0 Å². The number of carboxylic acids is 1. The maximum Gasteiger partial charge on any atom is 0.335 e. The van der Waals surface area contributed by atoms with E-state index in [0.717, 1.165) is 11.1 Å². The van der Waals surface area contributed by atoms with E-state index in [2.05, 4.69) is 5.10 Å². The van der Waals surface area contributed by atoms with Gasteiger partial charge >= 0.3 is 5.97 Å². The van der Waals surface area contributed by atoms with Gasteiger partial charge in [-0.3, -0.25) is 14.9 Å². The molecule has 170 valence electrons. The van der Waals surface area contributed by atoms with E-state index in [1.54, 1.807) is 43.3 Å². The Bertz CT molecular complexity index is 1400. The summed E-state index contributed by atoms with van der Waals surface area (Å²) < 4.78 is 0. The SMILES string of the molecule is CC1=NN(c2ccc(C(=O)O)cc2)C(=O)/C1=C\c1cccc(-c2cc(C)c(C)cc2[N+](=O)[O-])c1. The Morgan fingerprint density at radius 3 is 2.35 bits per heavy atom. The van der Waals surface area contributed by atoms with Crippen LogP contribution in [0.1, 0.15) is 34.0 Å². The highest BCUT2D eigenvalue weighted by atomic mass is 16.6. The van der Waals surface area contributed by atoms with Crippen molar-refractivity contribution in [2.24, 2.45) is 5.10 Å². The monoisotopic (exact) mass is 455 g/mol. The average molecular weight is 455 g/mol. The lowest BCUT2D eigenvalue weighted by atomic mass is 9.96. The van der Waals surface area contributed by atoms with E-state index in [4.69, 9.17) is 5.11 Å². The molecule has 3 aromatic carbocycles. The summed E-state index contributed by atoms with van der Waals surface area (Å²) >= 11 is 0. The molecule has 0 aliphatic carbocycles. The van der Waals surface area contributed by atoms with Crippen molar-refractivity contribution < 1.29 is 19.6 Å². The molecule has 1 amide bonds. The standard InChI is InChI=1S/C26H21N3O5/c1-15-11-23(24(29(33)34)12-16(15)2)20-6-4-5-18(13-20)14-22-17(3)27-28(25(22)30)21-9-7-19(8-10-21)26(31)32/h4-14H,1-3H3,(H,31,32)/b22-14-. The van der Waals surface area contributed by atoms with Gasteiger partial charge in [-0.05, 0) is 85.5 Å². The first kappa shape index (κ1) is 22.6. The summed E-state index contributed by atoms with van der Waals surface area (Å²) in [4.78, 5) is 35.4. The fourth-order valence-corrected chi connectivity index (χ4v) is 3.75. The Kier molecular flexibility index (Phi) is 5.81. The summed E-state index contributed by atoms with van der Waals surface area (Å²) in [5, 5.41) is 26.3. The number of aryl methyl sites for hydroxylation is 2. The van der Waals surface area contributed by atoms with Crippen molar-refractivity contribution in [3.05, 3.63) is 98.6 Å². The number of nitrogens with zero attached hydrogens (tertiary/aromatic N) is 3. The van der Waals surface area contributed by atoms with Gasteiger partial charge in [0, 0.05) is 6.07 Å². The van der Waals surface area contributed by atoms with E-state index in [1.165, 1.54) is 29.3 Å². The number of carbonyl (C=O) groups is 2. The Labute approximate surface area is 195 Å². The van der Waals surface area contributed by atoms with Gasteiger partial charge in [0.05, 0.1) is 33.0 Å². The molecule has 8 nitrogen and oxygen atoms in total. The van der Waals surface area contributed by atoms with Crippen molar-refractivity contribution in [2.75, 3.05) is 5.01 Å². The van der Waals surface area contributed by atoms with Crippen molar-refractivity contribution in [3.8, 4) is 11.1 Å². The molecular weight excluding hydrogens is 434 g/mol. The lowest BCUT2D eigenvalue weighted by Crippen LogP contribution is -2.21. The first-order chi connectivity index (χ1) is 16.2. The third-order valence-electron chi connectivity index (χ3n) is 5.74. The molecule has 0 atom stereocenters. The van der Waals surface area contributed by atoms with Crippen LogP contribution in [0.25, 0.3) is 17.2 Å². The maximum atomic E-state index is 13.1. The predicted octanol–water partition coefficient (Wildman–Crippen LogP) is 5.38. The van der Waals surface area contributed by atoms with Gasteiger partial charge in [0.25, 0.3) is 11.6 Å². The van der Waals surface area contributed by atoms with Crippen LogP contribution in [0.5, 0.6) is 0 Å². The number of hydrazone groups is 1. The normalized spacial score (nSPS) is 14.4. The number of anilines is 1. The predicted molar refractivity (Wildman–Crippen MR) is 130 cm³/mol. The molecule has 0 spiro atoms. The van der Waals surface area contributed by atoms with Crippen LogP contribution in [0.4, 0.5) is 11.4 Å². The fourth-order valence-electron chi connectivity index (χ4n) is 3.75. The smallest absolute Gasteiger partial charge is 0.335 e. The van der Waals surface area contributed by atoms with Gasteiger partial charge in [-0.15, -0.1) is 0 Å². The van der Waals surface area contributed by atoms with Crippen LogP contribution in [0.2, 0.25) is 0 Å². The number of hydrogen-bond acceptors (Lipinski definition) is 5. The number of hydrogen-bond donors (Lipinski definition) is 1. The van der Waals surface area contributed by atoms with Crippen LogP contribution >= 0.6 is 0 Å². The first-order valence-electron chi connectivity index (χ1n) is 10.5. The highest BCUT2D eigenvalue weighted by molar-refractivity contribution is 6.32. The van der Waals surface area contributed by atoms with Crippen LogP contribution in [0, 0.1) is 24.0 Å². The zero-order chi connectivity index (χ0) is 24.6. The summed E-state index contributed by atoms with van der Waals surface area (Å²) in [6, 6.07) is 16.5. The maximum absolute atomic E-state index is 13.1. The van der Waals surface area contributed by atoms with E-state index in [-0.39, 0.29) is 17.2 Å². The summed E-state index contributed by atoms with van der Waals surface area (Å²) in [5.74, 6) is -1.40. The van der Waals surface area contributed by atoms with Gasteiger partial charge < -0.3 is 5.11 Å². The van der Waals surface area contributed by atoms with Crippen molar-refractivity contribution >= 4 is 35.0 Å². The minimum absolute atomic E-state index is 0.0265. The lowest BCUT2D eigenvalue weighted by molar-refractivity contribution is -0.384. The third-order valence-corrected chi connectivity index (χ3v) is 5.74. The summed E-state index contributed by atoms with van der Waals surface area (Å²) in [5.41, 5.74) is 5.16. The zero-order valence-corrected chi connectivity index (χ0v) is 18.8. The van der Waals surface area contributed by atoms with E-state index < -0.39 is 10.9 Å². The van der Waals surface area contributed by atoms with Gasteiger partial charge in [0.1, 0.15) is 0 Å². The molecule has 1 aliphatic rings. The van der Waals surface area contributed by atoms with E-state index in [1.807, 2.05) is 19.9 Å². The van der Waals surface area contributed by atoms with Crippen molar-refractivity contribution in [3.63, 3.8) is 0 Å². The molecule has 3 aromatic rings. The second-order valence-electron chi connectivity index (χ2n) is 8.05. The Morgan fingerprint density at radius 1 is 1.03 bits per heavy atom. The van der Waals surface area contributed by atoms with Crippen molar-refractivity contribution in [2.45, 2.75) is 20.8 Å². The number of nitro groups is 1. The number of carbonyl (C=O) groups excluding carboxylic acids is 1. The number of nitro benzene ring substituents is 1. The van der Waals surface area contributed by atoms with Crippen molar-refractivity contribution in [1.29, 1.82) is 0 Å². The van der Waals surface area contributed by atoms with Crippen molar-refractivity contribution in [1.82, 2.24) is 0 Å². The van der Waals surface area contributed by atoms with Gasteiger partial charge in [-0.2, -0.15) is 10.1 Å². The summed E-state index contributed by atoms with van der Waals surface area (Å²) in [7, 11) is 0. The Hall–Kier alpha value is -4.59. The Balaban J connectivity index is 1.69. The van der Waals surface area contributed by atoms with Crippen LogP contribution in [-0.2, 0) is 4.79 Å². The molecule has 0 bridgehead atoms. The molecule has 8 heteroatoms. The molecule has 1 N–H and O–H groups in total. The van der Waals surface area contributed by atoms with Crippen LogP contribution in [0.15, 0.2) is 71.3 Å². The largest absolute Gasteiger partial charge is 0.478 e. The first-order valence-corrected chi connectivity index (χ1v) is 10.5. The molecule has 4 rings (SSSR count). The molecule has 0 radical (unpaired) electrons. The number of aromatic carboxylic acids is 1. The van der Waals surface area contributed by atoms with Crippen LogP contribution in [0.3, 0.4) is 0 Å². The summed E-state index contributed by atoms with van der Waals surface area (Å²) in [6.45, 7) is 5.46. The highest BCUT2D eigenvalue weighted by Crippen LogP contribution is 2.33. The van der Waals surface area contributed by atoms with Gasteiger partial charge in [0.15, 0.2) is 0 Å². The second-order valence-corrected chi connectivity index (χ2v) is 8.05. The van der Waals surface area contributed by atoms with E-state index in [9.17, 15) is 19.7 Å². The highest BCUT2D eigenvalue weighted by Gasteiger charge is 2.29.